The first-order valence-corrected chi connectivity index (χ1v) is 10.5. The number of rotatable bonds is 4. The van der Waals surface area contributed by atoms with Crippen molar-refractivity contribution in [3.05, 3.63) is 71.4 Å². The van der Waals surface area contributed by atoms with Gasteiger partial charge in [-0.15, -0.1) is 10.2 Å². The van der Waals surface area contributed by atoms with E-state index in [4.69, 9.17) is 4.74 Å². The number of esters is 1. The molecular formula is C24H22FN5O2. The zero-order valence-corrected chi connectivity index (χ0v) is 17.9. The fourth-order valence-electron chi connectivity index (χ4n) is 4.27. The molecule has 2 aromatic heterocycles. The molecule has 0 bridgehead atoms. The van der Waals surface area contributed by atoms with Gasteiger partial charge in [-0.1, -0.05) is 30.3 Å². The van der Waals surface area contributed by atoms with Gasteiger partial charge in [0.05, 0.1) is 24.4 Å². The molecule has 0 saturated carbocycles. The van der Waals surface area contributed by atoms with Crippen molar-refractivity contribution >= 4 is 22.6 Å². The van der Waals surface area contributed by atoms with Gasteiger partial charge in [0, 0.05) is 30.2 Å². The van der Waals surface area contributed by atoms with Crippen molar-refractivity contribution in [2.24, 2.45) is 0 Å². The third-order valence-electron chi connectivity index (χ3n) is 5.70. The third-order valence-corrected chi connectivity index (χ3v) is 5.70. The third kappa shape index (κ3) is 3.37. The van der Waals surface area contributed by atoms with E-state index in [9.17, 15) is 9.18 Å². The van der Waals surface area contributed by atoms with Crippen LogP contribution >= 0.6 is 0 Å². The standard InChI is InChI=1S/C24H22FN5O2/c1-3-32-24(31)19-13-26-21-15(2)11-17(25)12-18(21)22(19)29-9-10-30-20(14-29)27-28-23(30)16-7-5-4-6-8-16/h4-8,11-13H,3,9-10,14H2,1-2H3. The molecule has 1 aliphatic heterocycles. The number of benzene rings is 2. The first-order valence-electron chi connectivity index (χ1n) is 10.5. The van der Waals surface area contributed by atoms with Crippen molar-refractivity contribution in [1.82, 2.24) is 19.7 Å². The summed E-state index contributed by atoms with van der Waals surface area (Å²) >= 11 is 0. The summed E-state index contributed by atoms with van der Waals surface area (Å²) < 4.78 is 21.7. The smallest absolute Gasteiger partial charge is 0.341 e. The Balaban J connectivity index is 1.61. The number of carbonyl (C=O) groups is 1. The average molecular weight is 431 g/mol. The van der Waals surface area contributed by atoms with Gasteiger partial charge in [0.1, 0.15) is 11.4 Å². The lowest BCUT2D eigenvalue weighted by molar-refractivity contribution is 0.0526. The maximum Gasteiger partial charge on any atom is 0.341 e. The minimum Gasteiger partial charge on any atom is -0.462 e. The molecule has 32 heavy (non-hydrogen) atoms. The lowest BCUT2D eigenvalue weighted by Crippen LogP contribution is -2.35. The van der Waals surface area contributed by atoms with E-state index in [1.54, 1.807) is 6.92 Å². The van der Waals surface area contributed by atoms with Gasteiger partial charge in [0.15, 0.2) is 11.6 Å². The van der Waals surface area contributed by atoms with Crippen LogP contribution in [-0.2, 0) is 17.8 Å². The monoisotopic (exact) mass is 431 g/mol. The van der Waals surface area contributed by atoms with E-state index in [0.29, 0.717) is 47.4 Å². The minimum atomic E-state index is -0.476. The van der Waals surface area contributed by atoms with Gasteiger partial charge >= 0.3 is 5.97 Å². The lowest BCUT2D eigenvalue weighted by atomic mass is 10.0. The number of aromatic nitrogens is 4. The molecule has 0 radical (unpaired) electrons. The van der Waals surface area contributed by atoms with E-state index in [1.165, 1.54) is 18.3 Å². The van der Waals surface area contributed by atoms with E-state index < -0.39 is 5.97 Å². The predicted octanol–water partition coefficient (Wildman–Crippen LogP) is 4.14. The number of carbonyl (C=O) groups excluding carboxylic acids is 1. The second kappa shape index (κ2) is 8.03. The highest BCUT2D eigenvalue weighted by Crippen LogP contribution is 2.35. The Kier molecular flexibility index (Phi) is 5.05. The molecule has 0 atom stereocenters. The number of anilines is 1. The first kappa shape index (κ1) is 20.1. The van der Waals surface area contributed by atoms with Crippen LogP contribution in [0.3, 0.4) is 0 Å². The van der Waals surface area contributed by atoms with Crippen molar-refractivity contribution in [3.63, 3.8) is 0 Å². The minimum absolute atomic E-state index is 0.243. The van der Waals surface area contributed by atoms with Crippen LogP contribution in [0.4, 0.5) is 10.1 Å². The Hall–Kier alpha value is -3.81. The molecule has 0 saturated heterocycles. The molecule has 1 aliphatic rings. The number of ether oxygens (including phenoxy) is 1. The van der Waals surface area contributed by atoms with Gasteiger partial charge in [0.25, 0.3) is 0 Å². The number of hydrogen-bond donors (Lipinski definition) is 0. The highest BCUT2D eigenvalue weighted by atomic mass is 19.1. The van der Waals surface area contributed by atoms with Gasteiger partial charge in [-0.3, -0.25) is 4.98 Å². The van der Waals surface area contributed by atoms with Crippen LogP contribution in [0.25, 0.3) is 22.3 Å². The Labute approximate surface area is 184 Å². The second-order valence-corrected chi connectivity index (χ2v) is 7.74. The number of pyridine rings is 1. The molecule has 0 spiro atoms. The summed E-state index contributed by atoms with van der Waals surface area (Å²) in [5, 5.41) is 9.38. The quantitative estimate of drug-likeness (QED) is 0.452. The van der Waals surface area contributed by atoms with Gasteiger partial charge in [0.2, 0.25) is 0 Å². The van der Waals surface area contributed by atoms with Crippen LogP contribution in [0, 0.1) is 12.7 Å². The fourth-order valence-corrected chi connectivity index (χ4v) is 4.27. The highest BCUT2D eigenvalue weighted by Gasteiger charge is 2.28. The molecule has 0 N–H and O–H groups in total. The molecule has 7 nitrogen and oxygen atoms in total. The molecule has 2 aromatic carbocycles. The Bertz CT molecular complexity index is 1320. The van der Waals surface area contributed by atoms with Crippen molar-refractivity contribution < 1.29 is 13.9 Å². The Morgan fingerprint density at radius 3 is 2.75 bits per heavy atom. The van der Waals surface area contributed by atoms with Crippen LogP contribution in [0.2, 0.25) is 0 Å². The van der Waals surface area contributed by atoms with Gasteiger partial charge in [-0.05, 0) is 31.5 Å². The lowest BCUT2D eigenvalue weighted by Gasteiger charge is -2.31. The summed E-state index contributed by atoms with van der Waals surface area (Å²) in [5.74, 6) is 0.747. The number of nitrogens with zero attached hydrogens (tertiary/aromatic N) is 5. The van der Waals surface area contributed by atoms with E-state index in [0.717, 1.165) is 17.2 Å². The number of halogens is 1. The average Bonchev–Trinajstić information content (AvgIpc) is 3.22. The van der Waals surface area contributed by atoms with Crippen LogP contribution in [0.1, 0.15) is 28.7 Å². The normalized spacial score (nSPS) is 13.3. The summed E-state index contributed by atoms with van der Waals surface area (Å²) in [6.45, 7) is 5.47. The molecule has 0 aliphatic carbocycles. The Morgan fingerprint density at radius 1 is 1.16 bits per heavy atom. The molecule has 0 fully saturated rings. The fraction of sp³-hybridized carbons (Fsp3) is 0.250. The maximum absolute atomic E-state index is 14.4. The summed E-state index contributed by atoms with van der Waals surface area (Å²) in [6.07, 6.45) is 1.52. The van der Waals surface area contributed by atoms with Gasteiger partial charge in [-0.25, -0.2) is 9.18 Å². The summed E-state index contributed by atoms with van der Waals surface area (Å²) in [6, 6.07) is 12.8. The SMILES string of the molecule is CCOC(=O)c1cnc2c(C)cc(F)cc2c1N1CCn2c(nnc2-c2ccccc2)C1. The van der Waals surface area contributed by atoms with Gasteiger partial charge in [-0.2, -0.15) is 0 Å². The van der Waals surface area contributed by atoms with E-state index in [-0.39, 0.29) is 12.4 Å². The van der Waals surface area contributed by atoms with E-state index in [1.807, 2.05) is 42.2 Å². The summed E-state index contributed by atoms with van der Waals surface area (Å²) in [7, 11) is 0. The van der Waals surface area contributed by atoms with Crippen molar-refractivity contribution in [3.8, 4) is 11.4 Å². The van der Waals surface area contributed by atoms with Crippen molar-refractivity contribution in [2.75, 3.05) is 18.1 Å². The molecule has 4 aromatic rings. The predicted molar refractivity (Wildman–Crippen MR) is 119 cm³/mol. The zero-order chi connectivity index (χ0) is 22.2. The number of hydrogen-bond acceptors (Lipinski definition) is 6. The van der Waals surface area contributed by atoms with Gasteiger partial charge < -0.3 is 14.2 Å². The molecule has 0 amide bonds. The molecule has 0 unspecified atom stereocenters. The molecule has 5 rings (SSSR count). The molecule has 8 heteroatoms. The first-order chi connectivity index (χ1) is 15.6. The van der Waals surface area contributed by atoms with Crippen LogP contribution < -0.4 is 4.90 Å². The highest BCUT2D eigenvalue weighted by molar-refractivity contribution is 6.06. The topological polar surface area (TPSA) is 73.1 Å². The van der Waals surface area contributed by atoms with Crippen molar-refractivity contribution in [2.45, 2.75) is 26.9 Å². The van der Waals surface area contributed by atoms with Crippen LogP contribution in [0.5, 0.6) is 0 Å². The zero-order valence-electron chi connectivity index (χ0n) is 17.9. The van der Waals surface area contributed by atoms with Crippen LogP contribution in [0.15, 0.2) is 48.7 Å². The molecular weight excluding hydrogens is 409 g/mol. The number of fused-ring (bicyclic) bond motifs is 2. The number of aryl methyl sites for hydroxylation is 1. The Morgan fingerprint density at radius 2 is 1.97 bits per heavy atom. The summed E-state index contributed by atoms with van der Waals surface area (Å²) in [5.41, 5.74) is 3.31. The van der Waals surface area contributed by atoms with E-state index >= 15 is 0 Å². The maximum atomic E-state index is 14.4. The largest absolute Gasteiger partial charge is 0.462 e. The second-order valence-electron chi connectivity index (χ2n) is 7.74. The van der Waals surface area contributed by atoms with E-state index in [2.05, 4.69) is 19.7 Å². The molecule has 162 valence electrons. The van der Waals surface area contributed by atoms with Crippen molar-refractivity contribution in [1.29, 1.82) is 0 Å². The van der Waals surface area contributed by atoms with Crippen LogP contribution in [-0.4, -0.2) is 38.9 Å². The summed E-state index contributed by atoms with van der Waals surface area (Å²) in [4.78, 5) is 19.2. The molecule has 3 heterocycles.